The van der Waals surface area contributed by atoms with Gasteiger partial charge in [-0.25, -0.2) is 4.79 Å². The average Bonchev–Trinajstić information content (AvgIpc) is 2.69. The van der Waals surface area contributed by atoms with Crippen molar-refractivity contribution in [3.63, 3.8) is 0 Å². The monoisotopic (exact) mass is 360 g/mol. The quantitative estimate of drug-likeness (QED) is 0.232. The molecule has 3 aromatic rings. The van der Waals surface area contributed by atoms with Crippen molar-refractivity contribution in [2.75, 3.05) is 0 Å². The van der Waals surface area contributed by atoms with Gasteiger partial charge in [0.1, 0.15) is 17.3 Å². The Morgan fingerprint density at radius 1 is 0.815 bits per heavy atom. The maximum Gasteiger partial charge on any atom is 0.343 e. The lowest BCUT2D eigenvalue weighted by atomic mass is 10.1. The molecule has 0 aromatic heterocycles. The third-order valence-corrected chi connectivity index (χ3v) is 3.79. The Kier molecular flexibility index (Phi) is 5.33. The third-order valence-electron chi connectivity index (χ3n) is 3.79. The van der Waals surface area contributed by atoms with E-state index in [1.807, 2.05) is 0 Å². The molecule has 3 aromatic carbocycles. The van der Waals surface area contributed by atoms with Crippen LogP contribution in [-0.4, -0.2) is 22.0 Å². The number of aromatic hydroxyl groups is 1. The van der Waals surface area contributed by atoms with E-state index < -0.39 is 11.8 Å². The minimum Gasteiger partial charge on any atom is -0.507 e. The van der Waals surface area contributed by atoms with Crippen molar-refractivity contribution >= 4 is 17.5 Å². The summed E-state index contributed by atoms with van der Waals surface area (Å²) in [6.07, 6.45) is 1.03. The highest BCUT2D eigenvalue weighted by atomic mass is 16.5. The number of carbonyl (C=O) groups is 2. The standard InChI is InChI=1S/C22H16O5/c23-19(15-7-3-1-4-8-15)14-21(25)18-12-11-17(13-20(18)24)27-22(26)16-9-5-2-6-10-16/h1-14,23-24H. The van der Waals surface area contributed by atoms with Crippen LogP contribution in [0.15, 0.2) is 84.9 Å². The summed E-state index contributed by atoms with van der Waals surface area (Å²) < 4.78 is 5.19. The van der Waals surface area contributed by atoms with Crippen LogP contribution < -0.4 is 4.74 Å². The molecule has 3 rings (SSSR count). The zero-order valence-corrected chi connectivity index (χ0v) is 14.2. The average molecular weight is 360 g/mol. The molecule has 27 heavy (non-hydrogen) atoms. The van der Waals surface area contributed by atoms with E-state index >= 15 is 0 Å². The van der Waals surface area contributed by atoms with Crippen LogP contribution in [0.25, 0.3) is 5.76 Å². The molecule has 2 N–H and O–H groups in total. The van der Waals surface area contributed by atoms with Gasteiger partial charge in [-0.1, -0.05) is 48.5 Å². The summed E-state index contributed by atoms with van der Waals surface area (Å²) in [6, 6.07) is 20.9. The minimum atomic E-state index is -0.574. The smallest absolute Gasteiger partial charge is 0.343 e. The molecule has 5 nitrogen and oxygen atoms in total. The zero-order valence-electron chi connectivity index (χ0n) is 14.2. The van der Waals surface area contributed by atoms with Gasteiger partial charge in [0.15, 0.2) is 5.78 Å². The number of carbonyl (C=O) groups excluding carboxylic acids is 2. The van der Waals surface area contributed by atoms with E-state index in [2.05, 4.69) is 0 Å². The van der Waals surface area contributed by atoms with Crippen LogP contribution in [0.2, 0.25) is 0 Å². The van der Waals surface area contributed by atoms with Crippen molar-refractivity contribution in [2.24, 2.45) is 0 Å². The topological polar surface area (TPSA) is 83.8 Å². The normalized spacial score (nSPS) is 11.0. The number of phenolic OH excluding ortho intramolecular Hbond substituents is 1. The van der Waals surface area contributed by atoms with Gasteiger partial charge in [0.2, 0.25) is 0 Å². The van der Waals surface area contributed by atoms with Crippen molar-refractivity contribution in [3.05, 3.63) is 102 Å². The van der Waals surface area contributed by atoms with Gasteiger partial charge >= 0.3 is 5.97 Å². The summed E-state index contributed by atoms with van der Waals surface area (Å²) in [5.41, 5.74) is 0.837. The molecule has 0 aliphatic carbocycles. The van der Waals surface area contributed by atoms with Gasteiger partial charge in [-0.15, -0.1) is 0 Å². The van der Waals surface area contributed by atoms with Gasteiger partial charge in [-0.2, -0.15) is 0 Å². The molecule has 0 heterocycles. The lowest BCUT2D eigenvalue weighted by Gasteiger charge is -2.07. The number of esters is 1. The first-order valence-corrected chi connectivity index (χ1v) is 8.15. The van der Waals surface area contributed by atoms with Crippen LogP contribution in [0, 0.1) is 0 Å². The maximum absolute atomic E-state index is 12.3. The second kappa shape index (κ2) is 8.01. The molecule has 5 heteroatoms. The Hall–Kier alpha value is -3.86. The van der Waals surface area contributed by atoms with Crippen LogP contribution in [0.5, 0.6) is 11.5 Å². The fourth-order valence-electron chi connectivity index (χ4n) is 2.42. The van der Waals surface area contributed by atoms with Gasteiger partial charge in [0.25, 0.3) is 0 Å². The summed E-state index contributed by atoms with van der Waals surface area (Å²) in [7, 11) is 0. The third kappa shape index (κ3) is 4.41. The van der Waals surface area contributed by atoms with Gasteiger partial charge in [0, 0.05) is 17.7 Å². The van der Waals surface area contributed by atoms with Crippen molar-refractivity contribution < 1.29 is 24.5 Å². The molecule has 134 valence electrons. The molecule has 0 unspecified atom stereocenters. The SMILES string of the molecule is O=C(Oc1ccc(C(=O)C=C(O)c2ccccc2)c(O)c1)c1ccccc1. The molecule has 0 saturated heterocycles. The van der Waals surface area contributed by atoms with Crippen LogP contribution in [-0.2, 0) is 0 Å². The Bertz CT molecular complexity index is 992. The fraction of sp³-hybridized carbons (Fsp3) is 0. The highest BCUT2D eigenvalue weighted by Gasteiger charge is 2.14. The zero-order chi connectivity index (χ0) is 19.2. The number of rotatable bonds is 5. The molecule has 0 fully saturated rings. The number of phenols is 1. The maximum atomic E-state index is 12.3. The Morgan fingerprint density at radius 2 is 1.41 bits per heavy atom. The number of allylic oxidation sites excluding steroid dienone is 1. The lowest BCUT2D eigenvalue weighted by molar-refractivity contribution is 0.0734. The fourth-order valence-corrected chi connectivity index (χ4v) is 2.42. The molecule has 0 atom stereocenters. The molecule has 0 radical (unpaired) electrons. The number of ether oxygens (including phenoxy) is 1. The van der Waals surface area contributed by atoms with Gasteiger partial charge in [0.05, 0.1) is 11.1 Å². The van der Waals surface area contributed by atoms with Crippen LogP contribution in [0.4, 0.5) is 0 Å². The van der Waals surface area contributed by atoms with E-state index in [-0.39, 0.29) is 22.8 Å². The minimum absolute atomic E-state index is 0.0167. The molecule has 0 saturated carbocycles. The first-order chi connectivity index (χ1) is 13.0. The first-order valence-electron chi connectivity index (χ1n) is 8.15. The Balaban J connectivity index is 1.76. The van der Waals surface area contributed by atoms with E-state index in [1.54, 1.807) is 60.7 Å². The molecule has 0 amide bonds. The number of benzene rings is 3. The second-order valence-electron chi connectivity index (χ2n) is 5.69. The highest BCUT2D eigenvalue weighted by Crippen LogP contribution is 2.26. The van der Waals surface area contributed by atoms with Crippen LogP contribution in [0.1, 0.15) is 26.3 Å². The van der Waals surface area contributed by atoms with Crippen LogP contribution in [0.3, 0.4) is 0 Å². The molecule has 0 spiro atoms. The Morgan fingerprint density at radius 3 is 2.00 bits per heavy atom. The molecule has 0 bridgehead atoms. The molecular weight excluding hydrogens is 344 g/mol. The van der Waals surface area contributed by atoms with E-state index in [9.17, 15) is 19.8 Å². The summed E-state index contributed by atoms with van der Waals surface area (Å²) in [5, 5.41) is 20.1. The van der Waals surface area contributed by atoms with Crippen molar-refractivity contribution in [3.8, 4) is 11.5 Å². The first kappa shape index (κ1) is 17.9. The number of hydrogen-bond acceptors (Lipinski definition) is 5. The predicted octanol–water partition coefficient (Wildman–Crippen LogP) is 4.39. The lowest BCUT2D eigenvalue weighted by Crippen LogP contribution is -2.08. The van der Waals surface area contributed by atoms with Crippen molar-refractivity contribution in [1.29, 1.82) is 0 Å². The van der Waals surface area contributed by atoms with Crippen molar-refractivity contribution in [1.82, 2.24) is 0 Å². The van der Waals surface area contributed by atoms with Gasteiger partial charge < -0.3 is 14.9 Å². The van der Waals surface area contributed by atoms with E-state index in [1.165, 1.54) is 18.2 Å². The second-order valence-corrected chi connectivity index (χ2v) is 5.69. The van der Waals surface area contributed by atoms with E-state index in [0.717, 1.165) is 6.08 Å². The number of hydrogen-bond donors (Lipinski definition) is 2. The largest absolute Gasteiger partial charge is 0.507 e. The van der Waals surface area contributed by atoms with Crippen molar-refractivity contribution in [2.45, 2.75) is 0 Å². The highest BCUT2D eigenvalue weighted by molar-refractivity contribution is 6.09. The molecular formula is C22H16O5. The summed E-state index contributed by atoms with van der Waals surface area (Å²) in [4.78, 5) is 24.3. The van der Waals surface area contributed by atoms with Gasteiger partial charge in [-0.3, -0.25) is 4.79 Å². The van der Waals surface area contributed by atoms with E-state index in [0.29, 0.717) is 11.1 Å². The number of aliphatic hydroxyl groups is 1. The number of aliphatic hydroxyl groups excluding tert-OH is 1. The number of ketones is 1. The van der Waals surface area contributed by atoms with Gasteiger partial charge in [-0.05, 0) is 24.3 Å². The summed E-state index contributed by atoms with van der Waals surface area (Å²) >= 11 is 0. The van der Waals surface area contributed by atoms with E-state index in [4.69, 9.17) is 4.74 Å². The summed E-state index contributed by atoms with van der Waals surface area (Å²) in [6.45, 7) is 0. The summed E-state index contributed by atoms with van der Waals surface area (Å²) in [5.74, 6) is -1.60. The predicted molar refractivity (Wildman–Crippen MR) is 101 cm³/mol. The Labute approximate surface area is 155 Å². The van der Waals surface area contributed by atoms with Crippen LogP contribution >= 0.6 is 0 Å². The molecule has 0 aliphatic heterocycles. The molecule has 0 aliphatic rings.